The normalized spacial score (nSPS) is 20.6. The van der Waals surface area contributed by atoms with E-state index >= 15 is 0 Å². The number of nitrogens with one attached hydrogen (secondary N) is 1. The maximum Gasteiger partial charge on any atom is 0.310 e. The Bertz CT molecular complexity index is 418. The summed E-state index contributed by atoms with van der Waals surface area (Å²) in [6.45, 7) is 1.88. The number of hydrogen-bond donors (Lipinski definition) is 2. The SMILES string of the molecule is O=C(O)C(COc1cccc(Br)c1)C1CCNC1. The molecule has 1 aromatic rings. The number of carboxylic acids is 1. The molecule has 2 rings (SSSR count). The van der Waals surface area contributed by atoms with Gasteiger partial charge < -0.3 is 15.2 Å². The molecule has 1 aliphatic rings. The van der Waals surface area contributed by atoms with Crippen molar-refractivity contribution in [2.24, 2.45) is 11.8 Å². The van der Waals surface area contributed by atoms with Crippen LogP contribution < -0.4 is 10.1 Å². The number of benzene rings is 1. The molecule has 98 valence electrons. The number of aliphatic carboxylic acids is 1. The summed E-state index contributed by atoms with van der Waals surface area (Å²) in [6, 6.07) is 7.44. The lowest BCUT2D eigenvalue weighted by atomic mass is 9.92. The smallest absolute Gasteiger partial charge is 0.310 e. The first kappa shape index (κ1) is 13.4. The first-order valence-corrected chi connectivity index (χ1v) is 6.78. The highest BCUT2D eigenvalue weighted by Crippen LogP contribution is 2.23. The standard InChI is InChI=1S/C13H16BrNO3/c14-10-2-1-3-11(6-10)18-8-12(13(16)17)9-4-5-15-7-9/h1-3,6,9,12,15H,4-5,7-8H2,(H,16,17). The maximum atomic E-state index is 11.3. The summed E-state index contributed by atoms with van der Waals surface area (Å²) in [5, 5.41) is 12.4. The molecule has 1 aliphatic heterocycles. The topological polar surface area (TPSA) is 58.6 Å². The first-order chi connectivity index (χ1) is 8.66. The van der Waals surface area contributed by atoms with E-state index in [0.717, 1.165) is 24.0 Å². The molecule has 2 N–H and O–H groups in total. The van der Waals surface area contributed by atoms with Crippen LogP contribution in [0.5, 0.6) is 5.75 Å². The summed E-state index contributed by atoms with van der Waals surface area (Å²) >= 11 is 3.36. The number of rotatable bonds is 5. The van der Waals surface area contributed by atoms with Gasteiger partial charge in [-0.2, -0.15) is 0 Å². The van der Waals surface area contributed by atoms with Gasteiger partial charge in [0.2, 0.25) is 0 Å². The fraction of sp³-hybridized carbons (Fsp3) is 0.462. The van der Waals surface area contributed by atoms with Gasteiger partial charge in [-0.05, 0) is 43.6 Å². The van der Waals surface area contributed by atoms with Gasteiger partial charge in [0.15, 0.2) is 0 Å². The van der Waals surface area contributed by atoms with Crippen LogP contribution in [0.4, 0.5) is 0 Å². The van der Waals surface area contributed by atoms with Crippen LogP contribution in [-0.2, 0) is 4.79 Å². The molecule has 1 heterocycles. The van der Waals surface area contributed by atoms with Crippen molar-refractivity contribution in [2.45, 2.75) is 6.42 Å². The van der Waals surface area contributed by atoms with Gasteiger partial charge in [-0.25, -0.2) is 0 Å². The van der Waals surface area contributed by atoms with Crippen LogP contribution in [0.1, 0.15) is 6.42 Å². The molecule has 0 spiro atoms. The summed E-state index contributed by atoms with van der Waals surface area (Å²) in [5.74, 6) is -0.367. The zero-order valence-corrected chi connectivity index (χ0v) is 11.5. The molecule has 18 heavy (non-hydrogen) atoms. The highest BCUT2D eigenvalue weighted by Gasteiger charge is 2.31. The van der Waals surface area contributed by atoms with E-state index in [1.54, 1.807) is 0 Å². The summed E-state index contributed by atoms with van der Waals surface area (Å²) < 4.78 is 6.51. The molecule has 0 saturated carbocycles. The Morgan fingerprint density at radius 3 is 3.06 bits per heavy atom. The van der Waals surface area contributed by atoms with Crippen LogP contribution in [0.2, 0.25) is 0 Å². The van der Waals surface area contributed by atoms with E-state index in [1.165, 1.54) is 0 Å². The highest BCUT2D eigenvalue weighted by molar-refractivity contribution is 9.10. The Hall–Kier alpha value is -1.07. The van der Waals surface area contributed by atoms with Crippen molar-refractivity contribution in [2.75, 3.05) is 19.7 Å². The summed E-state index contributed by atoms with van der Waals surface area (Å²) in [7, 11) is 0. The molecule has 0 amide bonds. The zero-order valence-electron chi connectivity index (χ0n) is 9.93. The monoisotopic (exact) mass is 313 g/mol. The van der Waals surface area contributed by atoms with Crippen LogP contribution in [0.3, 0.4) is 0 Å². The van der Waals surface area contributed by atoms with Gasteiger partial charge >= 0.3 is 5.97 Å². The van der Waals surface area contributed by atoms with E-state index in [-0.39, 0.29) is 12.5 Å². The van der Waals surface area contributed by atoms with Crippen molar-refractivity contribution in [1.82, 2.24) is 5.32 Å². The van der Waals surface area contributed by atoms with Crippen molar-refractivity contribution in [3.05, 3.63) is 28.7 Å². The van der Waals surface area contributed by atoms with Gasteiger partial charge in [-0.3, -0.25) is 4.79 Å². The molecular weight excluding hydrogens is 298 g/mol. The number of carbonyl (C=O) groups is 1. The number of ether oxygens (including phenoxy) is 1. The van der Waals surface area contributed by atoms with Gasteiger partial charge in [0, 0.05) is 4.47 Å². The zero-order chi connectivity index (χ0) is 13.0. The lowest BCUT2D eigenvalue weighted by Gasteiger charge is -2.19. The van der Waals surface area contributed by atoms with Gasteiger partial charge in [0.25, 0.3) is 0 Å². The number of halogens is 1. The third kappa shape index (κ3) is 3.46. The van der Waals surface area contributed by atoms with Gasteiger partial charge in [-0.15, -0.1) is 0 Å². The molecule has 1 saturated heterocycles. The first-order valence-electron chi connectivity index (χ1n) is 5.98. The van der Waals surface area contributed by atoms with E-state index in [0.29, 0.717) is 5.75 Å². The van der Waals surface area contributed by atoms with Crippen LogP contribution in [0.25, 0.3) is 0 Å². The van der Waals surface area contributed by atoms with E-state index < -0.39 is 11.9 Å². The number of hydrogen-bond acceptors (Lipinski definition) is 3. The second kappa shape index (κ2) is 6.20. The van der Waals surface area contributed by atoms with Crippen molar-refractivity contribution in [3.63, 3.8) is 0 Å². The minimum atomic E-state index is -0.779. The van der Waals surface area contributed by atoms with Crippen molar-refractivity contribution < 1.29 is 14.6 Å². The minimum Gasteiger partial charge on any atom is -0.493 e. The Labute approximate surface area is 114 Å². The van der Waals surface area contributed by atoms with Crippen LogP contribution >= 0.6 is 15.9 Å². The van der Waals surface area contributed by atoms with Crippen LogP contribution in [-0.4, -0.2) is 30.8 Å². The molecule has 5 heteroatoms. The summed E-state index contributed by atoms with van der Waals surface area (Å²) in [4.78, 5) is 11.3. The van der Waals surface area contributed by atoms with Crippen molar-refractivity contribution in [1.29, 1.82) is 0 Å². The largest absolute Gasteiger partial charge is 0.493 e. The Kier molecular flexibility index (Phi) is 4.60. The average Bonchev–Trinajstić information content (AvgIpc) is 2.82. The second-order valence-corrected chi connectivity index (χ2v) is 5.38. The van der Waals surface area contributed by atoms with E-state index in [1.807, 2.05) is 24.3 Å². The fourth-order valence-corrected chi connectivity index (χ4v) is 2.55. The van der Waals surface area contributed by atoms with E-state index in [2.05, 4.69) is 21.2 Å². The average molecular weight is 314 g/mol. The predicted octanol–water partition coefficient (Wildman–Crippen LogP) is 2.14. The molecule has 2 atom stereocenters. The third-order valence-electron chi connectivity index (χ3n) is 3.21. The fourth-order valence-electron chi connectivity index (χ4n) is 2.17. The molecule has 2 unspecified atom stereocenters. The summed E-state index contributed by atoms with van der Waals surface area (Å²) in [5.41, 5.74) is 0. The van der Waals surface area contributed by atoms with Crippen molar-refractivity contribution in [3.8, 4) is 5.75 Å². The second-order valence-electron chi connectivity index (χ2n) is 4.47. The Morgan fingerprint density at radius 1 is 1.61 bits per heavy atom. The molecular formula is C13H16BrNO3. The predicted molar refractivity (Wildman–Crippen MR) is 71.7 cm³/mol. The molecule has 0 aromatic heterocycles. The lowest BCUT2D eigenvalue weighted by Crippen LogP contribution is -2.30. The third-order valence-corrected chi connectivity index (χ3v) is 3.70. The number of carboxylic acid groups (broad SMARTS) is 1. The van der Waals surface area contributed by atoms with Crippen LogP contribution in [0.15, 0.2) is 28.7 Å². The molecule has 1 aromatic carbocycles. The minimum absolute atomic E-state index is 0.162. The molecule has 0 radical (unpaired) electrons. The Balaban J connectivity index is 1.95. The highest BCUT2D eigenvalue weighted by atomic mass is 79.9. The van der Waals surface area contributed by atoms with Gasteiger partial charge in [0.05, 0.1) is 5.92 Å². The van der Waals surface area contributed by atoms with Crippen LogP contribution in [0, 0.1) is 11.8 Å². The molecule has 4 nitrogen and oxygen atoms in total. The van der Waals surface area contributed by atoms with E-state index in [4.69, 9.17) is 4.74 Å². The maximum absolute atomic E-state index is 11.3. The molecule has 0 bridgehead atoms. The Morgan fingerprint density at radius 2 is 2.44 bits per heavy atom. The summed E-state index contributed by atoms with van der Waals surface area (Å²) in [6.07, 6.45) is 0.902. The molecule has 1 fully saturated rings. The van der Waals surface area contributed by atoms with E-state index in [9.17, 15) is 9.90 Å². The lowest BCUT2D eigenvalue weighted by molar-refractivity contribution is -0.144. The van der Waals surface area contributed by atoms with Gasteiger partial charge in [0.1, 0.15) is 12.4 Å². The van der Waals surface area contributed by atoms with Gasteiger partial charge in [-0.1, -0.05) is 22.0 Å². The molecule has 0 aliphatic carbocycles. The van der Waals surface area contributed by atoms with Crippen molar-refractivity contribution >= 4 is 21.9 Å². The quantitative estimate of drug-likeness (QED) is 0.874.